The van der Waals surface area contributed by atoms with Crippen LogP contribution in [0, 0.1) is 32.1 Å². The number of hydrogen-bond acceptors (Lipinski definition) is 6. The summed E-state index contributed by atoms with van der Waals surface area (Å²) >= 11 is 0. The van der Waals surface area contributed by atoms with Crippen molar-refractivity contribution in [1.82, 2.24) is 15.0 Å². The number of aryl methyl sites for hydroxylation is 3. The quantitative estimate of drug-likeness (QED) is 0.899. The third kappa shape index (κ3) is 3.80. The third-order valence-corrected chi connectivity index (χ3v) is 4.67. The van der Waals surface area contributed by atoms with Gasteiger partial charge in [0.15, 0.2) is 0 Å². The Morgan fingerprint density at radius 2 is 2.24 bits per heavy atom. The Morgan fingerprint density at radius 3 is 2.92 bits per heavy atom. The number of hydrogen-bond donors (Lipinski definition) is 1. The molecule has 0 radical (unpaired) electrons. The Hall–Kier alpha value is -2.46. The van der Waals surface area contributed by atoms with Crippen molar-refractivity contribution in [3.63, 3.8) is 0 Å². The number of rotatable bonds is 5. The van der Waals surface area contributed by atoms with Gasteiger partial charge < -0.3 is 9.84 Å². The molecule has 132 valence electrons. The topological polar surface area (TPSA) is 78.0 Å². The van der Waals surface area contributed by atoms with E-state index in [1.54, 1.807) is 6.20 Å². The van der Waals surface area contributed by atoms with Crippen LogP contribution in [0.15, 0.2) is 16.8 Å². The lowest BCUT2D eigenvalue weighted by Crippen LogP contribution is -2.34. The van der Waals surface area contributed by atoms with Gasteiger partial charge in [0.25, 0.3) is 0 Å². The number of aromatic nitrogens is 2. The molecular formula is C18H22FN5O. The number of alkyl halides is 1. The van der Waals surface area contributed by atoms with Crippen molar-refractivity contribution < 1.29 is 8.91 Å². The van der Waals surface area contributed by atoms with Gasteiger partial charge in [0, 0.05) is 36.9 Å². The van der Waals surface area contributed by atoms with Gasteiger partial charge in [0.05, 0.1) is 23.1 Å². The summed E-state index contributed by atoms with van der Waals surface area (Å²) in [6.45, 7) is 7.17. The van der Waals surface area contributed by atoms with Crippen molar-refractivity contribution in [3.8, 4) is 6.07 Å². The van der Waals surface area contributed by atoms with Crippen molar-refractivity contribution in [3.05, 3.63) is 40.5 Å². The summed E-state index contributed by atoms with van der Waals surface area (Å²) in [5.41, 5.74) is 3.84. The molecule has 0 bridgehead atoms. The van der Waals surface area contributed by atoms with E-state index in [0.29, 0.717) is 37.3 Å². The van der Waals surface area contributed by atoms with Gasteiger partial charge in [0.1, 0.15) is 18.0 Å². The monoisotopic (exact) mass is 343 g/mol. The van der Waals surface area contributed by atoms with Crippen molar-refractivity contribution >= 4 is 5.69 Å². The highest BCUT2D eigenvalue weighted by Crippen LogP contribution is 2.25. The number of nitrogens with zero attached hydrogens (tertiary/aromatic N) is 4. The number of nitriles is 1. The number of halogens is 1. The van der Waals surface area contributed by atoms with Crippen LogP contribution < -0.4 is 5.32 Å². The molecule has 0 aromatic carbocycles. The fourth-order valence-corrected chi connectivity index (χ4v) is 3.35. The fourth-order valence-electron chi connectivity index (χ4n) is 3.35. The van der Waals surface area contributed by atoms with Gasteiger partial charge in [-0.15, -0.1) is 0 Å². The molecule has 3 rings (SSSR count). The molecule has 0 spiro atoms. The van der Waals surface area contributed by atoms with E-state index in [0.717, 1.165) is 22.7 Å². The van der Waals surface area contributed by atoms with Crippen LogP contribution in [0.4, 0.5) is 10.1 Å². The summed E-state index contributed by atoms with van der Waals surface area (Å²) in [6.07, 6.45) is 1.32. The molecule has 3 heterocycles. The Labute approximate surface area is 146 Å². The highest BCUT2D eigenvalue weighted by Gasteiger charge is 2.32. The summed E-state index contributed by atoms with van der Waals surface area (Å²) in [4.78, 5) is 6.42. The molecule has 0 saturated carbocycles. The van der Waals surface area contributed by atoms with Crippen LogP contribution in [0.3, 0.4) is 0 Å². The molecule has 7 heteroatoms. The maximum atomic E-state index is 14.0. The first kappa shape index (κ1) is 17.4. The van der Waals surface area contributed by atoms with Crippen LogP contribution >= 0.6 is 0 Å². The standard InChI is InChI=1S/C18H22FN5O/c1-11-4-18(17(6-20)12(2)23-11)21-8-16-5-15(19)10-24(16)9-14-7-22-25-13(14)3/h4,7,15-16H,5,8-10H2,1-3H3,(H,21,23)/t15-,16-/m0/s1. The van der Waals surface area contributed by atoms with Gasteiger partial charge in [-0.2, -0.15) is 5.26 Å². The van der Waals surface area contributed by atoms with Crippen LogP contribution in [-0.2, 0) is 6.54 Å². The van der Waals surface area contributed by atoms with Gasteiger partial charge >= 0.3 is 0 Å². The highest BCUT2D eigenvalue weighted by molar-refractivity contribution is 5.59. The van der Waals surface area contributed by atoms with Gasteiger partial charge in [-0.05, 0) is 33.3 Å². The predicted octanol–water partition coefficient (Wildman–Crippen LogP) is 2.89. The van der Waals surface area contributed by atoms with E-state index < -0.39 is 6.17 Å². The van der Waals surface area contributed by atoms with E-state index in [-0.39, 0.29) is 6.04 Å². The maximum absolute atomic E-state index is 14.0. The first-order valence-corrected chi connectivity index (χ1v) is 8.38. The summed E-state index contributed by atoms with van der Waals surface area (Å²) in [5.74, 6) is 0.765. The lowest BCUT2D eigenvalue weighted by Gasteiger charge is -2.24. The fraction of sp³-hybridized carbons (Fsp3) is 0.500. The molecule has 1 saturated heterocycles. The molecule has 1 aliphatic rings. The molecule has 0 aliphatic carbocycles. The van der Waals surface area contributed by atoms with Gasteiger partial charge in [-0.3, -0.25) is 9.88 Å². The van der Waals surface area contributed by atoms with Crippen LogP contribution in [-0.4, -0.2) is 40.3 Å². The third-order valence-electron chi connectivity index (χ3n) is 4.67. The van der Waals surface area contributed by atoms with E-state index in [1.165, 1.54) is 0 Å². The molecule has 2 aromatic rings. The second-order valence-electron chi connectivity index (χ2n) is 6.59. The molecule has 2 aromatic heterocycles. The molecular weight excluding hydrogens is 321 g/mol. The summed E-state index contributed by atoms with van der Waals surface area (Å²) in [7, 11) is 0. The summed E-state index contributed by atoms with van der Waals surface area (Å²) < 4.78 is 19.1. The summed E-state index contributed by atoms with van der Waals surface area (Å²) in [6, 6.07) is 4.11. The zero-order chi connectivity index (χ0) is 18.0. The Kier molecular flexibility index (Phi) is 5.00. The molecule has 6 nitrogen and oxygen atoms in total. The van der Waals surface area contributed by atoms with Gasteiger partial charge in [0.2, 0.25) is 0 Å². The minimum Gasteiger partial charge on any atom is -0.382 e. The molecule has 1 fully saturated rings. The van der Waals surface area contributed by atoms with E-state index in [4.69, 9.17) is 4.52 Å². The molecule has 0 amide bonds. The van der Waals surface area contributed by atoms with Crippen LogP contribution in [0.25, 0.3) is 0 Å². The minimum atomic E-state index is -0.844. The average molecular weight is 343 g/mol. The normalized spacial score (nSPS) is 20.6. The van der Waals surface area contributed by atoms with Crippen LogP contribution in [0.1, 0.15) is 34.7 Å². The smallest absolute Gasteiger partial charge is 0.138 e. The number of nitrogens with one attached hydrogen (secondary N) is 1. The molecule has 2 atom stereocenters. The van der Waals surface area contributed by atoms with Crippen molar-refractivity contribution in [2.75, 3.05) is 18.4 Å². The van der Waals surface area contributed by atoms with E-state index in [2.05, 4.69) is 26.4 Å². The molecule has 1 N–H and O–H groups in total. The first-order valence-electron chi connectivity index (χ1n) is 8.38. The number of likely N-dealkylation sites (tertiary alicyclic amines) is 1. The van der Waals surface area contributed by atoms with Crippen molar-refractivity contribution in [1.29, 1.82) is 5.26 Å². The minimum absolute atomic E-state index is 0.0459. The lowest BCUT2D eigenvalue weighted by atomic mass is 10.1. The van der Waals surface area contributed by atoms with E-state index in [9.17, 15) is 9.65 Å². The Balaban J connectivity index is 1.71. The zero-order valence-electron chi connectivity index (χ0n) is 14.7. The molecule has 1 aliphatic heterocycles. The Bertz CT molecular complexity index is 797. The number of pyridine rings is 1. The van der Waals surface area contributed by atoms with Crippen molar-refractivity contribution in [2.45, 2.75) is 46.0 Å². The predicted molar refractivity (Wildman–Crippen MR) is 91.9 cm³/mol. The second-order valence-corrected chi connectivity index (χ2v) is 6.59. The molecule has 0 unspecified atom stereocenters. The van der Waals surface area contributed by atoms with Gasteiger partial charge in [-0.25, -0.2) is 4.39 Å². The summed E-state index contributed by atoms with van der Waals surface area (Å²) in [5, 5.41) is 16.5. The largest absolute Gasteiger partial charge is 0.382 e. The zero-order valence-corrected chi connectivity index (χ0v) is 14.7. The van der Waals surface area contributed by atoms with E-state index >= 15 is 0 Å². The SMILES string of the molecule is Cc1cc(NC[C@@H]2C[C@H](F)CN2Cc2cnoc2C)c(C#N)c(C)n1. The van der Waals surface area contributed by atoms with E-state index in [1.807, 2.05) is 26.8 Å². The number of anilines is 1. The average Bonchev–Trinajstić information content (AvgIpc) is 3.11. The maximum Gasteiger partial charge on any atom is 0.138 e. The highest BCUT2D eigenvalue weighted by atomic mass is 19.1. The van der Waals surface area contributed by atoms with Crippen LogP contribution in [0.5, 0.6) is 0 Å². The van der Waals surface area contributed by atoms with Crippen LogP contribution in [0.2, 0.25) is 0 Å². The second kappa shape index (κ2) is 7.19. The van der Waals surface area contributed by atoms with Gasteiger partial charge in [-0.1, -0.05) is 5.16 Å². The van der Waals surface area contributed by atoms with Crippen molar-refractivity contribution in [2.24, 2.45) is 0 Å². The lowest BCUT2D eigenvalue weighted by molar-refractivity contribution is 0.240. The first-order chi connectivity index (χ1) is 12.0. The molecule has 25 heavy (non-hydrogen) atoms. The Morgan fingerprint density at radius 1 is 1.44 bits per heavy atom.